The Hall–Kier alpha value is -1.24. The number of H-pyrrole nitrogens is 1. The lowest BCUT2D eigenvalue weighted by atomic mass is 10.5. The molecule has 0 unspecified atom stereocenters. The first-order valence-electron chi connectivity index (χ1n) is 3.40. The molecule has 0 aliphatic heterocycles. The SMILES string of the molecule is Cc1nn2nc(F)c(Br)c2c(=O)[nH]1. The Morgan fingerprint density at radius 2 is 2.23 bits per heavy atom. The Morgan fingerprint density at radius 3 is 2.92 bits per heavy atom. The van der Waals surface area contributed by atoms with Crippen LogP contribution >= 0.6 is 15.9 Å². The average Bonchev–Trinajstić information content (AvgIpc) is 2.27. The fraction of sp³-hybridized carbons (Fsp3) is 0.167. The molecule has 2 aromatic rings. The Morgan fingerprint density at radius 1 is 1.54 bits per heavy atom. The van der Waals surface area contributed by atoms with Crippen molar-refractivity contribution in [2.75, 3.05) is 0 Å². The van der Waals surface area contributed by atoms with Crippen molar-refractivity contribution in [1.82, 2.24) is 19.8 Å². The zero-order valence-electron chi connectivity index (χ0n) is 6.51. The van der Waals surface area contributed by atoms with Crippen LogP contribution in [0.5, 0.6) is 0 Å². The summed E-state index contributed by atoms with van der Waals surface area (Å²) in [5.41, 5.74) is -0.348. The van der Waals surface area contributed by atoms with Gasteiger partial charge in [0, 0.05) is 0 Å². The fourth-order valence-electron chi connectivity index (χ4n) is 1.02. The highest BCUT2D eigenvalue weighted by Gasteiger charge is 2.13. The molecule has 0 aliphatic carbocycles. The lowest BCUT2D eigenvalue weighted by Gasteiger charge is -1.92. The number of aromatic amines is 1. The maximum atomic E-state index is 12.9. The summed E-state index contributed by atoms with van der Waals surface area (Å²) in [5, 5.41) is 7.20. The molecule has 0 atom stereocenters. The molecule has 1 N–H and O–H groups in total. The van der Waals surface area contributed by atoms with Gasteiger partial charge in [0.25, 0.3) is 5.56 Å². The van der Waals surface area contributed by atoms with Crippen molar-refractivity contribution in [2.45, 2.75) is 6.92 Å². The number of hydrogen-bond donors (Lipinski definition) is 1. The highest BCUT2D eigenvalue weighted by atomic mass is 79.9. The molecule has 0 bridgehead atoms. The van der Waals surface area contributed by atoms with E-state index in [1.165, 1.54) is 0 Å². The largest absolute Gasteiger partial charge is 0.307 e. The van der Waals surface area contributed by atoms with E-state index in [1.807, 2.05) is 0 Å². The second-order valence-electron chi connectivity index (χ2n) is 2.48. The van der Waals surface area contributed by atoms with Crippen LogP contribution in [0.4, 0.5) is 4.39 Å². The van der Waals surface area contributed by atoms with E-state index < -0.39 is 11.5 Å². The van der Waals surface area contributed by atoms with Crippen molar-refractivity contribution in [3.8, 4) is 0 Å². The van der Waals surface area contributed by atoms with Crippen LogP contribution in [-0.2, 0) is 0 Å². The van der Waals surface area contributed by atoms with Crippen LogP contribution in [-0.4, -0.2) is 19.8 Å². The predicted molar refractivity (Wildman–Crippen MR) is 46.0 cm³/mol. The molecule has 0 saturated carbocycles. The van der Waals surface area contributed by atoms with Crippen molar-refractivity contribution in [2.24, 2.45) is 0 Å². The number of halogens is 2. The van der Waals surface area contributed by atoms with Crippen molar-refractivity contribution < 1.29 is 4.39 Å². The van der Waals surface area contributed by atoms with E-state index in [1.54, 1.807) is 6.92 Å². The molecule has 13 heavy (non-hydrogen) atoms. The summed E-state index contributed by atoms with van der Waals surface area (Å²) in [4.78, 5) is 13.7. The zero-order chi connectivity index (χ0) is 9.59. The van der Waals surface area contributed by atoms with Crippen LogP contribution < -0.4 is 5.56 Å². The lowest BCUT2D eigenvalue weighted by molar-refractivity contribution is 0.552. The number of aryl methyl sites for hydroxylation is 1. The van der Waals surface area contributed by atoms with Gasteiger partial charge in [0.05, 0.1) is 0 Å². The van der Waals surface area contributed by atoms with E-state index in [-0.39, 0.29) is 9.99 Å². The highest BCUT2D eigenvalue weighted by molar-refractivity contribution is 9.10. The van der Waals surface area contributed by atoms with Gasteiger partial charge in [-0.3, -0.25) is 4.79 Å². The van der Waals surface area contributed by atoms with Crippen molar-refractivity contribution >= 4 is 21.4 Å². The van der Waals surface area contributed by atoms with Gasteiger partial charge in [0.1, 0.15) is 10.3 Å². The first-order valence-corrected chi connectivity index (χ1v) is 4.20. The predicted octanol–water partition coefficient (Wildman–Crippen LogP) is 0.628. The Bertz CT molecular complexity index is 531. The number of aromatic nitrogens is 4. The Labute approximate surface area is 79.7 Å². The first kappa shape index (κ1) is 8.36. The van der Waals surface area contributed by atoms with Crippen LogP contribution in [0.3, 0.4) is 0 Å². The third-order valence-electron chi connectivity index (χ3n) is 1.53. The molecule has 5 nitrogen and oxygen atoms in total. The van der Waals surface area contributed by atoms with Gasteiger partial charge in [0.15, 0.2) is 5.52 Å². The first-order chi connectivity index (χ1) is 6.09. The molecule has 68 valence electrons. The minimum atomic E-state index is -0.747. The fourth-order valence-corrected chi connectivity index (χ4v) is 1.43. The van der Waals surface area contributed by atoms with Gasteiger partial charge >= 0.3 is 0 Å². The molecule has 0 spiro atoms. The molecule has 7 heteroatoms. The second kappa shape index (κ2) is 2.63. The molecule has 2 aromatic heterocycles. The summed E-state index contributed by atoms with van der Waals surface area (Å²) in [7, 11) is 0. The van der Waals surface area contributed by atoms with Gasteiger partial charge in [-0.15, -0.1) is 14.8 Å². The van der Waals surface area contributed by atoms with E-state index in [2.05, 4.69) is 31.1 Å². The standard InChI is InChI=1S/C6H4BrFN4O/c1-2-9-6(13)4-3(7)5(8)11-12(4)10-2/h1H3,(H,9,10,13). The van der Waals surface area contributed by atoms with Gasteiger partial charge in [-0.25, -0.2) is 0 Å². The minimum absolute atomic E-state index is 0.0289. The van der Waals surface area contributed by atoms with E-state index in [0.717, 1.165) is 4.63 Å². The van der Waals surface area contributed by atoms with E-state index in [4.69, 9.17) is 0 Å². The van der Waals surface area contributed by atoms with E-state index >= 15 is 0 Å². The van der Waals surface area contributed by atoms with Crippen LogP contribution in [0, 0.1) is 12.9 Å². The van der Waals surface area contributed by atoms with Crippen LogP contribution in [0.15, 0.2) is 9.27 Å². The number of fused-ring (bicyclic) bond motifs is 1. The van der Waals surface area contributed by atoms with Crippen molar-refractivity contribution in [3.63, 3.8) is 0 Å². The number of nitrogens with zero attached hydrogens (tertiary/aromatic N) is 3. The monoisotopic (exact) mass is 246 g/mol. The second-order valence-corrected chi connectivity index (χ2v) is 3.28. The van der Waals surface area contributed by atoms with Crippen molar-refractivity contribution in [1.29, 1.82) is 0 Å². The van der Waals surface area contributed by atoms with Crippen LogP contribution in [0.2, 0.25) is 0 Å². The molecular weight excluding hydrogens is 243 g/mol. The molecule has 0 radical (unpaired) electrons. The Balaban J connectivity index is 3.03. The maximum Gasteiger partial charge on any atom is 0.278 e. The molecule has 0 fully saturated rings. The molecular formula is C6H4BrFN4O. The molecule has 2 heterocycles. The third-order valence-corrected chi connectivity index (χ3v) is 2.23. The van der Waals surface area contributed by atoms with Gasteiger partial charge < -0.3 is 4.98 Å². The van der Waals surface area contributed by atoms with Crippen LogP contribution in [0.25, 0.3) is 5.52 Å². The van der Waals surface area contributed by atoms with Gasteiger partial charge in [-0.05, 0) is 22.9 Å². The average molecular weight is 247 g/mol. The van der Waals surface area contributed by atoms with Crippen LogP contribution in [0.1, 0.15) is 5.82 Å². The maximum absolute atomic E-state index is 12.9. The van der Waals surface area contributed by atoms with Crippen molar-refractivity contribution in [3.05, 3.63) is 26.6 Å². The van der Waals surface area contributed by atoms with Gasteiger partial charge in [-0.1, -0.05) is 0 Å². The van der Waals surface area contributed by atoms with E-state index in [0.29, 0.717) is 5.82 Å². The summed E-state index contributed by atoms with van der Waals surface area (Å²) < 4.78 is 13.9. The topological polar surface area (TPSA) is 63.1 Å². The summed E-state index contributed by atoms with van der Waals surface area (Å²) in [5.74, 6) is -0.365. The summed E-state index contributed by atoms with van der Waals surface area (Å²) in [6.45, 7) is 1.59. The van der Waals surface area contributed by atoms with Gasteiger partial charge in [-0.2, -0.15) is 4.39 Å². The Kier molecular flexibility index (Phi) is 1.69. The smallest absolute Gasteiger partial charge is 0.278 e. The summed E-state index contributed by atoms with van der Waals surface area (Å²) >= 11 is 2.91. The lowest BCUT2D eigenvalue weighted by Crippen LogP contribution is -2.14. The highest BCUT2D eigenvalue weighted by Crippen LogP contribution is 2.16. The quantitative estimate of drug-likeness (QED) is 0.742. The number of nitrogens with one attached hydrogen (secondary N) is 1. The summed E-state index contributed by atoms with van der Waals surface area (Å²) in [6, 6.07) is 0. The number of hydrogen-bond acceptors (Lipinski definition) is 3. The molecule has 0 saturated heterocycles. The normalized spacial score (nSPS) is 11.0. The minimum Gasteiger partial charge on any atom is -0.307 e. The van der Waals surface area contributed by atoms with E-state index in [9.17, 15) is 9.18 Å². The third kappa shape index (κ3) is 1.15. The number of rotatable bonds is 0. The molecule has 2 rings (SSSR count). The molecule has 0 amide bonds. The van der Waals surface area contributed by atoms with Gasteiger partial charge in [0.2, 0.25) is 5.95 Å². The summed E-state index contributed by atoms with van der Waals surface area (Å²) in [6.07, 6.45) is 0. The zero-order valence-corrected chi connectivity index (χ0v) is 8.09. The molecule has 0 aliphatic rings. The molecule has 0 aromatic carbocycles.